The van der Waals surface area contributed by atoms with E-state index >= 15 is 0 Å². The van der Waals surface area contributed by atoms with Crippen LogP contribution >= 0.6 is 0 Å². The lowest BCUT2D eigenvalue weighted by molar-refractivity contribution is 0.0936. The quantitative estimate of drug-likeness (QED) is 0.434. The van der Waals surface area contributed by atoms with Gasteiger partial charge in [-0.05, 0) is 61.0 Å². The number of aromatic nitrogens is 3. The predicted octanol–water partition coefficient (Wildman–Crippen LogP) is 5.86. The van der Waals surface area contributed by atoms with Crippen molar-refractivity contribution in [2.45, 2.75) is 82.8 Å². The Kier molecular flexibility index (Phi) is 6.07. The molecule has 0 amide bonds. The maximum Gasteiger partial charge on any atom is 0.191 e. The van der Waals surface area contributed by atoms with Crippen molar-refractivity contribution in [3.63, 3.8) is 0 Å². The number of nitrogens with zero attached hydrogens (tertiary/aromatic N) is 3. The molecule has 1 saturated carbocycles. The van der Waals surface area contributed by atoms with Gasteiger partial charge < -0.3 is 19.4 Å². The number of hydrogen-bond donors (Lipinski definition) is 2. The van der Waals surface area contributed by atoms with E-state index in [1.54, 1.807) is 6.33 Å². The number of benzene rings is 1. The molecule has 3 unspecified atom stereocenters. The Hall–Kier alpha value is -2.22. The van der Waals surface area contributed by atoms with Crippen molar-refractivity contribution in [1.29, 1.82) is 0 Å². The van der Waals surface area contributed by atoms with Crippen LogP contribution in [0.4, 0.5) is 5.82 Å². The zero-order chi connectivity index (χ0) is 24.1. The summed E-state index contributed by atoms with van der Waals surface area (Å²) in [6.07, 6.45) is 7.24. The fourth-order valence-corrected chi connectivity index (χ4v) is 6.33. The fourth-order valence-electron chi connectivity index (χ4n) is 5.26. The molecule has 3 aromatic rings. The Morgan fingerprint density at radius 1 is 1.15 bits per heavy atom. The van der Waals surface area contributed by atoms with Gasteiger partial charge in [-0.1, -0.05) is 45.0 Å². The van der Waals surface area contributed by atoms with Crippen LogP contribution in [-0.4, -0.2) is 40.7 Å². The molecule has 0 bridgehead atoms. The highest BCUT2D eigenvalue weighted by atomic mass is 28.4. The predicted molar refractivity (Wildman–Crippen MR) is 140 cm³/mol. The monoisotopic (exact) mass is 478 g/mol. The van der Waals surface area contributed by atoms with Crippen LogP contribution in [0, 0.1) is 5.92 Å². The van der Waals surface area contributed by atoms with Crippen LogP contribution in [0.15, 0.2) is 42.9 Å². The third-order valence-electron chi connectivity index (χ3n) is 8.44. The second kappa shape index (κ2) is 8.77. The molecule has 1 fully saturated rings. The van der Waals surface area contributed by atoms with Crippen molar-refractivity contribution < 1.29 is 9.53 Å². The molecule has 2 N–H and O–H groups in total. The van der Waals surface area contributed by atoms with Gasteiger partial charge in [0.15, 0.2) is 8.32 Å². The third-order valence-corrected chi connectivity index (χ3v) is 12.9. The molecule has 2 aromatic heterocycles. The molecule has 2 aliphatic carbocycles. The highest BCUT2D eigenvalue weighted by Gasteiger charge is 2.40. The molecule has 0 saturated heterocycles. The van der Waals surface area contributed by atoms with E-state index in [1.807, 2.05) is 0 Å². The Morgan fingerprint density at radius 3 is 2.74 bits per heavy atom. The van der Waals surface area contributed by atoms with Crippen LogP contribution in [0.25, 0.3) is 11.0 Å². The van der Waals surface area contributed by atoms with E-state index < -0.39 is 8.32 Å². The van der Waals surface area contributed by atoms with Crippen molar-refractivity contribution in [3.8, 4) is 0 Å². The second-order valence-corrected chi connectivity index (χ2v) is 16.5. The summed E-state index contributed by atoms with van der Waals surface area (Å²) in [6, 6.07) is 11.3. The largest absolute Gasteiger partial charge is 0.416 e. The topological polar surface area (TPSA) is 72.2 Å². The third kappa shape index (κ3) is 4.29. The molecule has 2 aliphatic rings. The fraction of sp³-hybridized carbons (Fsp3) is 0.556. The number of aliphatic hydroxyl groups is 1. The molecule has 182 valence electrons. The maximum absolute atomic E-state index is 10.8. The summed E-state index contributed by atoms with van der Waals surface area (Å²) < 4.78 is 8.69. The molecule has 7 heteroatoms. The standard InChI is InChI=1S/C27H38N4O2Si/c1-27(2,3)34(4,5)33-16-19-14-20(15-24(19)32)31-13-12-22-25(28-17-29-26(22)31)30-23-11-10-18-8-6-7-9-21(18)23/h6-9,12-13,17,19-20,23-24,32H,10-11,14-16H2,1-5H3,(H,28,29,30)/t19?,20?,23-,24?/m0/s1. The van der Waals surface area contributed by atoms with Crippen molar-refractivity contribution in [3.05, 3.63) is 54.0 Å². The summed E-state index contributed by atoms with van der Waals surface area (Å²) in [5.41, 5.74) is 3.73. The minimum atomic E-state index is -1.83. The van der Waals surface area contributed by atoms with E-state index in [9.17, 15) is 5.11 Å². The van der Waals surface area contributed by atoms with Crippen molar-refractivity contribution in [2.75, 3.05) is 11.9 Å². The summed E-state index contributed by atoms with van der Waals surface area (Å²) in [6.45, 7) is 12.0. The van der Waals surface area contributed by atoms with Crippen LogP contribution < -0.4 is 5.32 Å². The summed E-state index contributed by atoms with van der Waals surface area (Å²) in [5, 5.41) is 15.7. The molecule has 4 atom stereocenters. The minimum Gasteiger partial charge on any atom is -0.416 e. The molecule has 0 spiro atoms. The van der Waals surface area contributed by atoms with Crippen LogP contribution in [0.1, 0.15) is 63.2 Å². The summed E-state index contributed by atoms with van der Waals surface area (Å²) >= 11 is 0. The van der Waals surface area contributed by atoms with Crippen molar-refractivity contribution >= 4 is 25.2 Å². The Morgan fingerprint density at radius 2 is 1.94 bits per heavy atom. The van der Waals surface area contributed by atoms with Gasteiger partial charge in [-0.2, -0.15) is 0 Å². The number of hydrogen-bond acceptors (Lipinski definition) is 5. The second-order valence-electron chi connectivity index (χ2n) is 11.6. The Labute approximate surface area is 203 Å². The Balaban J connectivity index is 1.32. The van der Waals surface area contributed by atoms with E-state index in [2.05, 4.69) is 90.2 Å². The lowest BCUT2D eigenvalue weighted by Crippen LogP contribution is -2.42. The zero-order valence-electron chi connectivity index (χ0n) is 21.1. The van der Waals surface area contributed by atoms with Gasteiger partial charge in [0.05, 0.1) is 17.5 Å². The Bertz CT molecular complexity index is 1170. The van der Waals surface area contributed by atoms with Gasteiger partial charge in [0.1, 0.15) is 17.8 Å². The first-order valence-corrected chi connectivity index (χ1v) is 15.5. The van der Waals surface area contributed by atoms with Gasteiger partial charge >= 0.3 is 0 Å². The average Bonchev–Trinajstić information content (AvgIpc) is 3.49. The number of aryl methyl sites for hydroxylation is 1. The SMILES string of the molecule is CC(C)(C)[Si](C)(C)OCC1CC(n2ccc3c(N[C@H]4CCc5ccccc54)ncnc32)CC1O. The van der Waals surface area contributed by atoms with Gasteiger partial charge in [-0.15, -0.1) is 0 Å². The first-order chi connectivity index (χ1) is 16.1. The molecule has 2 heterocycles. The average molecular weight is 479 g/mol. The van der Waals surface area contributed by atoms with Crippen LogP contribution in [0.2, 0.25) is 18.1 Å². The van der Waals surface area contributed by atoms with Gasteiger partial charge in [-0.3, -0.25) is 0 Å². The van der Waals surface area contributed by atoms with E-state index in [0.29, 0.717) is 6.61 Å². The lowest BCUT2D eigenvalue weighted by atomic mass is 10.1. The molecular formula is C27H38N4O2Si. The van der Waals surface area contributed by atoms with Crippen LogP contribution in [0.3, 0.4) is 0 Å². The first-order valence-electron chi connectivity index (χ1n) is 12.6. The summed E-state index contributed by atoms with van der Waals surface area (Å²) in [7, 11) is -1.83. The van der Waals surface area contributed by atoms with E-state index in [-0.39, 0.29) is 29.1 Å². The van der Waals surface area contributed by atoms with Crippen molar-refractivity contribution in [2.24, 2.45) is 5.92 Å². The molecule has 0 radical (unpaired) electrons. The zero-order valence-corrected chi connectivity index (χ0v) is 22.1. The summed E-state index contributed by atoms with van der Waals surface area (Å²) in [4.78, 5) is 9.23. The van der Waals surface area contributed by atoms with Gasteiger partial charge in [0.2, 0.25) is 0 Å². The molecule has 1 aromatic carbocycles. The number of fused-ring (bicyclic) bond motifs is 2. The molecule has 5 rings (SSSR count). The number of anilines is 1. The molecular weight excluding hydrogens is 440 g/mol. The smallest absolute Gasteiger partial charge is 0.191 e. The van der Waals surface area contributed by atoms with E-state index in [0.717, 1.165) is 42.5 Å². The highest BCUT2D eigenvalue weighted by molar-refractivity contribution is 6.74. The van der Waals surface area contributed by atoms with Gasteiger partial charge in [0.25, 0.3) is 0 Å². The minimum absolute atomic E-state index is 0.158. The van der Waals surface area contributed by atoms with Crippen LogP contribution in [-0.2, 0) is 10.8 Å². The number of nitrogens with one attached hydrogen (secondary N) is 1. The van der Waals surface area contributed by atoms with Gasteiger partial charge in [0, 0.05) is 24.8 Å². The van der Waals surface area contributed by atoms with Crippen LogP contribution in [0.5, 0.6) is 0 Å². The molecule has 0 aliphatic heterocycles. The first kappa shape index (κ1) is 23.5. The summed E-state index contributed by atoms with van der Waals surface area (Å²) in [5.74, 6) is 1.05. The molecule has 34 heavy (non-hydrogen) atoms. The van der Waals surface area contributed by atoms with Crippen molar-refractivity contribution in [1.82, 2.24) is 14.5 Å². The van der Waals surface area contributed by atoms with E-state index in [4.69, 9.17) is 4.43 Å². The molecule has 6 nitrogen and oxygen atoms in total. The van der Waals surface area contributed by atoms with Gasteiger partial charge in [-0.25, -0.2) is 9.97 Å². The number of rotatable bonds is 6. The number of aliphatic hydroxyl groups excluding tert-OH is 1. The lowest BCUT2D eigenvalue weighted by Gasteiger charge is -2.37. The maximum atomic E-state index is 10.8. The normalized spacial score (nSPS) is 25.1. The highest BCUT2D eigenvalue weighted by Crippen LogP contribution is 2.41. The van der Waals surface area contributed by atoms with E-state index in [1.165, 1.54) is 11.1 Å².